The van der Waals surface area contributed by atoms with Crippen molar-refractivity contribution in [3.8, 4) is 0 Å². The number of rotatable bonds is 3. The zero-order valence-corrected chi connectivity index (χ0v) is 11.2. The third kappa shape index (κ3) is 2.37. The van der Waals surface area contributed by atoms with Gasteiger partial charge in [0.05, 0.1) is 12.3 Å². The Morgan fingerprint density at radius 1 is 1.61 bits per heavy atom. The Labute approximate surface area is 112 Å². The summed E-state index contributed by atoms with van der Waals surface area (Å²) < 4.78 is 6.64. The predicted octanol–water partition coefficient (Wildman–Crippen LogP) is 1.22. The van der Waals surface area contributed by atoms with Gasteiger partial charge in [-0.05, 0) is 19.8 Å². The molecule has 2 bridgehead atoms. The first kappa shape index (κ1) is 13.4. The highest BCUT2D eigenvalue weighted by molar-refractivity contribution is 5.85. The summed E-state index contributed by atoms with van der Waals surface area (Å²) in [7, 11) is 0. The third-order valence-corrected chi connectivity index (χ3v) is 3.52. The average Bonchev–Trinajstić information content (AvgIpc) is 2.85. The Bertz CT molecular complexity index is 447. The van der Waals surface area contributed by atoms with Gasteiger partial charge >= 0.3 is 5.97 Å². The molecular formula is C12H18ClN3O2. The molecule has 18 heavy (non-hydrogen) atoms. The normalized spacial score (nSPS) is 24.3. The molecule has 3 heterocycles. The van der Waals surface area contributed by atoms with Crippen LogP contribution in [0.15, 0.2) is 6.20 Å². The van der Waals surface area contributed by atoms with Crippen LogP contribution in [0, 0.1) is 0 Å². The Balaban J connectivity index is 0.00000120. The molecule has 0 aromatic carbocycles. The maximum atomic E-state index is 11.4. The molecule has 0 aliphatic carbocycles. The Hall–Kier alpha value is -1.07. The van der Waals surface area contributed by atoms with Crippen LogP contribution in [0.1, 0.15) is 37.1 Å². The fourth-order valence-electron chi connectivity index (χ4n) is 2.81. The molecule has 3 rings (SSSR count). The van der Waals surface area contributed by atoms with E-state index in [1.807, 2.05) is 13.1 Å². The van der Waals surface area contributed by atoms with Gasteiger partial charge in [-0.15, -0.1) is 12.4 Å². The van der Waals surface area contributed by atoms with Crippen molar-refractivity contribution in [2.24, 2.45) is 0 Å². The quantitative estimate of drug-likeness (QED) is 0.840. The monoisotopic (exact) mass is 271 g/mol. The van der Waals surface area contributed by atoms with Crippen LogP contribution in [-0.4, -0.2) is 28.4 Å². The number of hydrogen-bond donors (Lipinski definition) is 1. The molecule has 0 radical (unpaired) electrons. The summed E-state index contributed by atoms with van der Waals surface area (Å²) in [6.45, 7) is 2.46. The molecule has 2 aliphatic rings. The average molecular weight is 272 g/mol. The standard InChI is InChI=1S/C12H17N3O2.ClH/c1-2-17-12(16)7-15-6-9-10-4-3-8(13-10)5-11(9)14-15;/h6,8,10,13H,2-5,7H2,1H3;1H. The minimum Gasteiger partial charge on any atom is -0.465 e. The number of carbonyl (C=O) groups excluding carboxylic acids is 1. The maximum Gasteiger partial charge on any atom is 0.327 e. The van der Waals surface area contributed by atoms with E-state index in [9.17, 15) is 4.79 Å². The van der Waals surface area contributed by atoms with Crippen molar-refractivity contribution in [3.63, 3.8) is 0 Å². The lowest BCUT2D eigenvalue weighted by Gasteiger charge is -2.19. The zero-order valence-electron chi connectivity index (χ0n) is 10.4. The van der Waals surface area contributed by atoms with Gasteiger partial charge in [0.25, 0.3) is 0 Å². The van der Waals surface area contributed by atoms with E-state index < -0.39 is 0 Å². The van der Waals surface area contributed by atoms with Gasteiger partial charge in [0.2, 0.25) is 0 Å². The number of esters is 1. The van der Waals surface area contributed by atoms with E-state index in [0.29, 0.717) is 18.7 Å². The van der Waals surface area contributed by atoms with Gasteiger partial charge in [-0.2, -0.15) is 5.10 Å². The Kier molecular flexibility index (Phi) is 3.92. The first-order valence-corrected chi connectivity index (χ1v) is 6.24. The summed E-state index contributed by atoms with van der Waals surface area (Å²) in [5.74, 6) is -0.217. The van der Waals surface area contributed by atoms with Gasteiger partial charge in [-0.3, -0.25) is 9.48 Å². The Morgan fingerprint density at radius 3 is 3.22 bits per heavy atom. The van der Waals surface area contributed by atoms with Crippen LogP contribution in [0.3, 0.4) is 0 Å². The molecule has 1 aromatic rings. The third-order valence-electron chi connectivity index (χ3n) is 3.52. The van der Waals surface area contributed by atoms with E-state index >= 15 is 0 Å². The number of aromatic nitrogens is 2. The number of hydrogen-bond acceptors (Lipinski definition) is 4. The molecular weight excluding hydrogens is 254 g/mol. The second-order valence-corrected chi connectivity index (χ2v) is 4.73. The summed E-state index contributed by atoms with van der Waals surface area (Å²) in [5.41, 5.74) is 2.42. The van der Waals surface area contributed by atoms with E-state index in [1.165, 1.54) is 18.4 Å². The van der Waals surface area contributed by atoms with Gasteiger partial charge in [0.15, 0.2) is 0 Å². The molecule has 1 saturated heterocycles. The van der Waals surface area contributed by atoms with Crippen LogP contribution in [0.4, 0.5) is 0 Å². The lowest BCUT2D eigenvalue weighted by atomic mass is 10.0. The lowest BCUT2D eigenvalue weighted by Crippen LogP contribution is -2.31. The minimum absolute atomic E-state index is 0. The topological polar surface area (TPSA) is 56.2 Å². The van der Waals surface area contributed by atoms with Crippen LogP contribution in [0.5, 0.6) is 0 Å². The second kappa shape index (κ2) is 5.28. The summed E-state index contributed by atoms with van der Waals surface area (Å²) >= 11 is 0. The summed E-state index contributed by atoms with van der Waals surface area (Å²) in [4.78, 5) is 11.4. The van der Waals surface area contributed by atoms with Crippen molar-refractivity contribution in [1.82, 2.24) is 15.1 Å². The van der Waals surface area contributed by atoms with Crippen molar-refractivity contribution in [3.05, 3.63) is 17.5 Å². The molecule has 0 spiro atoms. The SMILES string of the molecule is CCOC(=O)Cn1cc2c(n1)CC1CCC2N1.Cl. The molecule has 100 valence electrons. The van der Waals surface area contributed by atoms with Gasteiger partial charge in [0, 0.05) is 30.3 Å². The zero-order chi connectivity index (χ0) is 11.8. The van der Waals surface area contributed by atoms with E-state index in [2.05, 4.69) is 10.4 Å². The van der Waals surface area contributed by atoms with Crippen LogP contribution in [0.2, 0.25) is 0 Å². The van der Waals surface area contributed by atoms with E-state index in [4.69, 9.17) is 4.74 Å². The van der Waals surface area contributed by atoms with Crippen LogP contribution in [-0.2, 0) is 22.5 Å². The molecule has 2 aliphatic heterocycles. The lowest BCUT2D eigenvalue weighted by molar-refractivity contribution is -0.144. The summed E-state index contributed by atoms with van der Waals surface area (Å²) in [5, 5.41) is 8.06. The molecule has 2 atom stereocenters. The van der Waals surface area contributed by atoms with E-state index in [0.717, 1.165) is 12.1 Å². The molecule has 2 unspecified atom stereocenters. The molecule has 1 aromatic heterocycles. The van der Waals surface area contributed by atoms with Crippen LogP contribution < -0.4 is 5.32 Å². The van der Waals surface area contributed by atoms with Crippen molar-refractivity contribution < 1.29 is 9.53 Å². The van der Waals surface area contributed by atoms with Gasteiger partial charge in [0.1, 0.15) is 6.54 Å². The smallest absolute Gasteiger partial charge is 0.327 e. The van der Waals surface area contributed by atoms with Crippen molar-refractivity contribution in [2.75, 3.05) is 6.61 Å². The highest BCUT2D eigenvalue weighted by atomic mass is 35.5. The van der Waals surface area contributed by atoms with Gasteiger partial charge < -0.3 is 10.1 Å². The second-order valence-electron chi connectivity index (χ2n) is 4.73. The fraction of sp³-hybridized carbons (Fsp3) is 0.667. The van der Waals surface area contributed by atoms with Crippen molar-refractivity contribution in [1.29, 1.82) is 0 Å². The highest BCUT2D eigenvalue weighted by Gasteiger charge is 2.34. The number of carbonyl (C=O) groups is 1. The Morgan fingerprint density at radius 2 is 2.44 bits per heavy atom. The molecule has 0 saturated carbocycles. The first-order valence-electron chi connectivity index (χ1n) is 6.24. The number of nitrogens with one attached hydrogen (secondary N) is 1. The molecule has 6 heteroatoms. The molecule has 1 N–H and O–H groups in total. The first-order chi connectivity index (χ1) is 8.26. The summed E-state index contributed by atoms with van der Waals surface area (Å²) in [6.07, 6.45) is 5.40. The number of fused-ring (bicyclic) bond motifs is 4. The van der Waals surface area contributed by atoms with Crippen LogP contribution >= 0.6 is 12.4 Å². The van der Waals surface area contributed by atoms with Crippen molar-refractivity contribution in [2.45, 2.75) is 44.8 Å². The van der Waals surface area contributed by atoms with Crippen LogP contribution in [0.25, 0.3) is 0 Å². The fourth-order valence-corrected chi connectivity index (χ4v) is 2.81. The number of ether oxygens (including phenoxy) is 1. The van der Waals surface area contributed by atoms with Gasteiger partial charge in [-0.1, -0.05) is 0 Å². The molecule has 5 nitrogen and oxygen atoms in total. The minimum atomic E-state index is -0.217. The predicted molar refractivity (Wildman–Crippen MR) is 68.7 cm³/mol. The summed E-state index contributed by atoms with van der Waals surface area (Å²) in [6, 6.07) is 1.03. The van der Waals surface area contributed by atoms with E-state index in [1.54, 1.807) is 4.68 Å². The molecule has 0 amide bonds. The van der Waals surface area contributed by atoms with E-state index in [-0.39, 0.29) is 24.9 Å². The molecule has 1 fully saturated rings. The number of nitrogens with zero attached hydrogens (tertiary/aromatic N) is 2. The van der Waals surface area contributed by atoms with Crippen molar-refractivity contribution >= 4 is 18.4 Å². The maximum absolute atomic E-state index is 11.4. The van der Waals surface area contributed by atoms with Gasteiger partial charge in [-0.25, -0.2) is 0 Å². The number of halogens is 1. The highest BCUT2D eigenvalue weighted by Crippen LogP contribution is 2.34. The largest absolute Gasteiger partial charge is 0.465 e.